The number of carbonyl (C=O) groups is 1. The number of thiazole rings is 1. The normalized spacial score (nSPS) is 14.2. The van der Waals surface area contributed by atoms with Crippen molar-refractivity contribution in [3.63, 3.8) is 0 Å². The Morgan fingerprint density at radius 1 is 1.19 bits per heavy atom. The van der Waals surface area contributed by atoms with E-state index in [1.807, 2.05) is 49.1 Å². The number of hydrogen-bond acceptors (Lipinski definition) is 6. The SMILES string of the molecule is COc1ccc2nc(N(CCCN3CCOCC3)C(=O)c3ccc(C)cc3C)sc2c1.Cl. The Hall–Kier alpha value is -2.19. The molecule has 6 nitrogen and oxygen atoms in total. The third-order valence-electron chi connectivity index (χ3n) is 5.63. The highest BCUT2D eigenvalue weighted by atomic mass is 35.5. The van der Waals surface area contributed by atoms with Crippen molar-refractivity contribution in [3.8, 4) is 5.75 Å². The quantitative estimate of drug-likeness (QED) is 0.495. The van der Waals surface area contributed by atoms with Crippen LogP contribution in [0.25, 0.3) is 10.2 Å². The molecule has 0 atom stereocenters. The van der Waals surface area contributed by atoms with E-state index in [1.54, 1.807) is 7.11 Å². The highest BCUT2D eigenvalue weighted by Crippen LogP contribution is 2.32. The molecule has 1 aromatic heterocycles. The smallest absolute Gasteiger partial charge is 0.260 e. The molecule has 0 bridgehead atoms. The topological polar surface area (TPSA) is 54.9 Å². The van der Waals surface area contributed by atoms with Gasteiger partial charge in [-0.05, 0) is 50.1 Å². The Kier molecular flexibility index (Phi) is 8.48. The lowest BCUT2D eigenvalue weighted by Gasteiger charge is -2.28. The molecule has 32 heavy (non-hydrogen) atoms. The maximum atomic E-state index is 13.6. The minimum Gasteiger partial charge on any atom is -0.497 e. The molecule has 3 aromatic rings. The first-order chi connectivity index (χ1) is 15.0. The van der Waals surface area contributed by atoms with Gasteiger partial charge in [-0.25, -0.2) is 4.98 Å². The summed E-state index contributed by atoms with van der Waals surface area (Å²) in [5.74, 6) is 0.799. The second-order valence-electron chi connectivity index (χ2n) is 7.91. The molecule has 1 aliphatic heterocycles. The van der Waals surface area contributed by atoms with Crippen molar-refractivity contribution in [2.45, 2.75) is 20.3 Å². The second-order valence-corrected chi connectivity index (χ2v) is 8.92. The zero-order chi connectivity index (χ0) is 21.8. The van der Waals surface area contributed by atoms with Gasteiger partial charge in [0.2, 0.25) is 0 Å². The van der Waals surface area contributed by atoms with Crippen LogP contribution in [0.1, 0.15) is 27.9 Å². The highest BCUT2D eigenvalue weighted by molar-refractivity contribution is 7.22. The van der Waals surface area contributed by atoms with Gasteiger partial charge in [-0.1, -0.05) is 29.0 Å². The minimum absolute atomic E-state index is 0. The third kappa shape index (κ3) is 5.59. The standard InChI is InChI=1S/C24H29N3O3S.ClH/c1-17-5-7-20(18(2)15-17)23(28)27(10-4-9-26-11-13-30-14-12-26)24-25-21-8-6-19(29-3)16-22(21)31-24;/h5-8,15-16H,4,9-14H2,1-3H3;1H. The van der Waals surface area contributed by atoms with Gasteiger partial charge in [-0.2, -0.15) is 0 Å². The number of benzene rings is 2. The average Bonchev–Trinajstić information content (AvgIpc) is 3.20. The molecule has 172 valence electrons. The Morgan fingerprint density at radius 2 is 1.97 bits per heavy atom. The van der Waals surface area contributed by atoms with Gasteiger partial charge in [0.1, 0.15) is 5.75 Å². The number of amides is 1. The summed E-state index contributed by atoms with van der Waals surface area (Å²) in [6.45, 7) is 9.07. The first-order valence-corrected chi connectivity index (χ1v) is 11.5. The first kappa shape index (κ1) is 24.5. The lowest BCUT2D eigenvalue weighted by molar-refractivity contribution is 0.0376. The van der Waals surface area contributed by atoms with Crippen LogP contribution in [0, 0.1) is 13.8 Å². The first-order valence-electron chi connectivity index (χ1n) is 10.7. The molecule has 0 unspecified atom stereocenters. The zero-order valence-electron chi connectivity index (χ0n) is 18.8. The van der Waals surface area contributed by atoms with Gasteiger partial charge in [0, 0.05) is 31.7 Å². The summed E-state index contributed by atoms with van der Waals surface area (Å²) >= 11 is 1.53. The van der Waals surface area contributed by atoms with Gasteiger partial charge in [-0.3, -0.25) is 14.6 Å². The van der Waals surface area contributed by atoms with Crippen LogP contribution in [0.5, 0.6) is 5.75 Å². The van der Waals surface area contributed by atoms with Crippen LogP contribution in [-0.2, 0) is 4.74 Å². The Labute approximate surface area is 199 Å². The lowest BCUT2D eigenvalue weighted by atomic mass is 10.0. The average molecular weight is 476 g/mol. The minimum atomic E-state index is 0. The molecule has 0 aliphatic carbocycles. The summed E-state index contributed by atoms with van der Waals surface area (Å²) in [6.07, 6.45) is 0.885. The maximum Gasteiger partial charge on any atom is 0.260 e. The van der Waals surface area contributed by atoms with Crippen molar-refractivity contribution < 1.29 is 14.3 Å². The molecule has 2 heterocycles. The van der Waals surface area contributed by atoms with E-state index in [-0.39, 0.29) is 18.3 Å². The molecule has 4 rings (SSSR count). The van der Waals surface area contributed by atoms with Crippen LogP contribution in [0.3, 0.4) is 0 Å². The Morgan fingerprint density at radius 3 is 2.69 bits per heavy atom. The molecule has 8 heteroatoms. The van der Waals surface area contributed by atoms with Crippen molar-refractivity contribution in [2.24, 2.45) is 0 Å². The largest absolute Gasteiger partial charge is 0.497 e. The van der Waals surface area contributed by atoms with Crippen molar-refractivity contribution in [3.05, 3.63) is 53.1 Å². The molecule has 0 saturated carbocycles. The number of halogens is 1. The maximum absolute atomic E-state index is 13.6. The van der Waals surface area contributed by atoms with Crippen LogP contribution in [0.4, 0.5) is 5.13 Å². The second kappa shape index (κ2) is 11.1. The van der Waals surface area contributed by atoms with E-state index in [0.29, 0.717) is 6.54 Å². The molecule has 1 aliphatic rings. The monoisotopic (exact) mass is 475 g/mol. The van der Waals surface area contributed by atoms with Gasteiger partial charge >= 0.3 is 0 Å². The number of ether oxygens (including phenoxy) is 2. The number of nitrogens with zero attached hydrogens (tertiary/aromatic N) is 3. The predicted octanol–water partition coefficient (Wildman–Crippen LogP) is 4.71. The highest BCUT2D eigenvalue weighted by Gasteiger charge is 2.23. The summed E-state index contributed by atoms with van der Waals surface area (Å²) in [5.41, 5.74) is 3.76. The van der Waals surface area contributed by atoms with E-state index in [4.69, 9.17) is 14.5 Å². The summed E-state index contributed by atoms with van der Waals surface area (Å²) in [6, 6.07) is 11.8. The summed E-state index contributed by atoms with van der Waals surface area (Å²) in [5, 5.41) is 0.732. The molecule has 0 spiro atoms. The van der Waals surface area contributed by atoms with Crippen molar-refractivity contribution in [2.75, 3.05) is 51.4 Å². The Bertz CT molecular complexity index is 1070. The molecule has 1 amide bonds. The molecular formula is C24H30ClN3O3S. The number of rotatable bonds is 7. The van der Waals surface area contributed by atoms with Gasteiger partial charge < -0.3 is 9.47 Å². The lowest BCUT2D eigenvalue weighted by Crippen LogP contribution is -2.39. The van der Waals surface area contributed by atoms with Crippen molar-refractivity contribution in [1.82, 2.24) is 9.88 Å². The van der Waals surface area contributed by atoms with Crippen LogP contribution in [0.2, 0.25) is 0 Å². The molecule has 0 radical (unpaired) electrons. The van der Waals surface area contributed by atoms with E-state index >= 15 is 0 Å². The fourth-order valence-corrected chi connectivity index (χ4v) is 4.91. The summed E-state index contributed by atoms with van der Waals surface area (Å²) < 4.78 is 11.8. The van der Waals surface area contributed by atoms with E-state index < -0.39 is 0 Å². The molecule has 1 saturated heterocycles. The van der Waals surface area contributed by atoms with Crippen LogP contribution in [0.15, 0.2) is 36.4 Å². The number of fused-ring (bicyclic) bond motifs is 1. The van der Waals surface area contributed by atoms with Gasteiger partial charge in [0.15, 0.2) is 5.13 Å². The van der Waals surface area contributed by atoms with Crippen LogP contribution in [-0.4, -0.2) is 62.3 Å². The zero-order valence-corrected chi connectivity index (χ0v) is 20.4. The fourth-order valence-electron chi connectivity index (χ4n) is 3.90. The number of hydrogen-bond donors (Lipinski definition) is 0. The van der Waals surface area contributed by atoms with E-state index in [9.17, 15) is 4.79 Å². The summed E-state index contributed by atoms with van der Waals surface area (Å²) in [4.78, 5) is 22.6. The molecule has 2 aromatic carbocycles. The molecule has 1 fully saturated rings. The number of carbonyl (C=O) groups excluding carboxylic acids is 1. The predicted molar refractivity (Wildman–Crippen MR) is 133 cm³/mol. The van der Waals surface area contributed by atoms with E-state index in [1.165, 1.54) is 11.3 Å². The number of aromatic nitrogens is 1. The summed E-state index contributed by atoms with van der Waals surface area (Å²) in [7, 11) is 1.66. The molecular weight excluding hydrogens is 446 g/mol. The fraction of sp³-hybridized carbons (Fsp3) is 0.417. The van der Waals surface area contributed by atoms with Crippen molar-refractivity contribution in [1.29, 1.82) is 0 Å². The van der Waals surface area contributed by atoms with E-state index in [0.717, 1.165) is 77.1 Å². The number of morpholine rings is 1. The number of anilines is 1. The van der Waals surface area contributed by atoms with Gasteiger partial charge in [0.25, 0.3) is 5.91 Å². The molecule has 0 N–H and O–H groups in total. The third-order valence-corrected chi connectivity index (χ3v) is 6.67. The van der Waals surface area contributed by atoms with Crippen molar-refractivity contribution >= 4 is 45.0 Å². The Balaban J connectivity index is 0.00000289. The number of methoxy groups -OCH3 is 1. The van der Waals surface area contributed by atoms with Crippen LogP contribution < -0.4 is 9.64 Å². The van der Waals surface area contributed by atoms with Crippen LogP contribution >= 0.6 is 23.7 Å². The van der Waals surface area contributed by atoms with Gasteiger partial charge in [0.05, 0.1) is 30.5 Å². The van der Waals surface area contributed by atoms with E-state index in [2.05, 4.69) is 11.0 Å². The number of aryl methyl sites for hydroxylation is 2. The van der Waals surface area contributed by atoms with Gasteiger partial charge in [-0.15, -0.1) is 12.4 Å².